The molecule has 5 heteroatoms. The van der Waals surface area contributed by atoms with Crippen molar-refractivity contribution < 1.29 is 14.3 Å². The first-order valence-electron chi connectivity index (χ1n) is 6.97. The zero-order valence-electron chi connectivity index (χ0n) is 11.3. The second-order valence-corrected chi connectivity index (χ2v) is 5.73. The smallest absolute Gasteiger partial charge is 0.338 e. The molecular formula is C15H17FN2O2. The van der Waals surface area contributed by atoms with E-state index < -0.39 is 11.8 Å². The van der Waals surface area contributed by atoms with Crippen LogP contribution in [0, 0.1) is 11.7 Å². The lowest BCUT2D eigenvalue weighted by molar-refractivity contribution is 0.0698. The van der Waals surface area contributed by atoms with E-state index in [0.717, 1.165) is 43.5 Å². The number of carbonyl (C=O) groups is 1. The van der Waals surface area contributed by atoms with E-state index in [1.165, 1.54) is 6.07 Å². The lowest BCUT2D eigenvalue weighted by atomic mass is 9.83. The van der Waals surface area contributed by atoms with Crippen LogP contribution in [0.2, 0.25) is 0 Å². The fraction of sp³-hybridized carbons (Fsp3) is 0.467. The summed E-state index contributed by atoms with van der Waals surface area (Å²) in [6.45, 7) is 2.24. The van der Waals surface area contributed by atoms with Gasteiger partial charge in [0, 0.05) is 5.92 Å². The summed E-state index contributed by atoms with van der Waals surface area (Å²) in [4.78, 5) is 18.7. The van der Waals surface area contributed by atoms with Crippen molar-refractivity contribution in [2.45, 2.75) is 38.5 Å². The molecule has 20 heavy (non-hydrogen) atoms. The Kier molecular flexibility index (Phi) is 3.20. The van der Waals surface area contributed by atoms with Crippen LogP contribution in [0.25, 0.3) is 11.0 Å². The van der Waals surface area contributed by atoms with Crippen LogP contribution in [-0.4, -0.2) is 21.0 Å². The highest BCUT2D eigenvalue weighted by atomic mass is 19.1. The zero-order chi connectivity index (χ0) is 14.3. The van der Waals surface area contributed by atoms with Crippen molar-refractivity contribution in [2.24, 2.45) is 5.92 Å². The van der Waals surface area contributed by atoms with Crippen molar-refractivity contribution in [1.29, 1.82) is 0 Å². The number of benzene rings is 1. The van der Waals surface area contributed by atoms with Crippen LogP contribution >= 0.6 is 0 Å². The van der Waals surface area contributed by atoms with Crippen molar-refractivity contribution in [2.75, 3.05) is 0 Å². The van der Waals surface area contributed by atoms with Gasteiger partial charge in [0.25, 0.3) is 0 Å². The number of nitrogens with one attached hydrogen (secondary N) is 1. The van der Waals surface area contributed by atoms with E-state index in [4.69, 9.17) is 5.11 Å². The number of aromatic amines is 1. The molecule has 2 aromatic rings. The van der Waals surface area contributed by atoms with Crippen LogP contribution in [0.1, 0.15) is 54.7 Å². The van der Waals surface area contributed by atoms with Crippen LogP contribution in [0.4, 0.5) is 4.39 Å². The molecule has 0 aliphatic heterocycles. The molecule has 1 saturated carbocycles. The Bertz CT molecular complexity index is 657. The molecule has 0 saturated heterocycles. The second kappa shape index (κ2) is 4.89. The van der Waals surface area contributed by atoms with Gasteiger partial charge in [0.05, 0.1) is 11.1 Å². The lowest BCUT2D eigenvalue weighted by Crippen LogP contribution is -2.11. The summed E-state index contributed by atoms with van der Waals surface area (Å²) >= 11 is 0. The average Bonchev–Trinajstić information content (AvgIpc) is 2.81. The molecular weight excluding hydrogens is 259 g/mol. The van der Waals surface area contributed by atoms with Gasteiger partial charge in [0.2, 0.25) is 0 Å². The molecule has 106 valence electrons. The van der Waals surface area contributed by atoms with Crippen LogP contribution < -0.4 is 0 Å². The van der Waals surface area contributed by atoms with Gasteiger partial charge in [-0.1, -0.05) is 19.8 Å². The number of hydrogen-bond donors (Lipinski definition) is 2. The molecule has 0 atom stereocenters. The van der Waals surface area contributed by atoms with Gasteiger partial charge in [-0.05, 0) is 30.9 Å². The molecule has 0 amide bonds. The molecule has 1 fully saturated rings. The van der Waals surface area contributed by atoms with Gasteiger partial charge in [-0.2, -0.15) is 0 Å². The highest BCUT2D eigenvalue weighted by Gasteiger charge is 2.23. The third-order valence-corrected chi connectivity index (χ3v) is 4.20. The van der Waals surface area contributed by atoms with E-state index in [9.17, 15) is 9.18 Å². The molecule has 0 unspecified atom stereocenters. The molecule has 3 rings (SSSR count). The van der Waals surface area contributed by atoms with Crippen LogP contribution in [0.15, 0.2) is 12.1 Å². The number of aromatic nitrogens is 2. The van der Waals surface area contributed by atoms with E-state index in [1.54, 1.807) is 0 Å². The van der Waals surface area contributed by atoms with Gasteiger partial charge in [-0.25, -0.2) is 14.2 Å². The van der Waals surface area contributed by atoms with Crippen molar-refractivity contribution in [3.63, 3.8) is 0 Å². The molecule has 1 aromatic heterocycles. The Hall–Kier alpha value is -1.91. The van der Waals surface area contributed by atoms with E-state index in [0.29, 0.717) is 17.0 Å². The molecule has 1 heterocycles. The Morgan fingerprint density at radius 1 is 1.35 bits per heavy atom. The Balaban J connectivity index is 2.02. The van der Waals surface area contributed by atoms with Gasteiger partial charge < -0.3 is 10.1 Å². The number of carboxylic acid groups (broad SMARTS) is 1. The maximum atomic E-state index is 13.4. The number of aromatic carboxylic acids is 1. The molecule has 2 N–H and O–H groups in total. The minimum Gasteiger partial charge on any atom is -0.478 e. The van der Waals surface area contributed by atoms with Crippen molar-refractivity contribution in [3.8, 4) is 0 Å². The SMILES string of the molecule is CC1CCC(c2nc3c(C(=O)O)cc(F)cc3[nH]2)CC1. The molecule has 1 aromatic carbocycles. The summed E-state index contributed by atoms with van der Waals surface area (Å²) in [5.41, 5.74) is 0.746. The van der Waals surface area contributed by atoms with Crippen molar-refractivity contribution in [3.05, 3.63) is 29.3 Å². The highest BCUT2D eigenvalue weighted by molar-refractivity contribution is 6.01. The van der Waals surface area contributed by atoms with Crippen molar-refractivity contribution >= 4 is 17.0 Å². The first-order valence-corrected chi connectivity index (χ1v) is 6.97. The third-order valence-electron chi connectivity index (χ3n) is 4.20. The molecule has 1 aliphatic rings. The summed E-state index contributed by atoms with van der Waals surface area (Å²) in [5, 5.41) is 9.14. The van der Waals surface area contributed by atoms with Gasteiger partial charge in [-0.3, -0.25) is 0 Å². The zero-order valence-corrected chi connectivity index (χ0v) is 11.3. The number of hydrogen-bond acceptors (Lipinski definition) is 2. The minimum atomic E-state index is -1.15. The predicted octanol–water partition coefficient (Wildman–Crippen LogP) is 3.69. The van der Waals surface area contributed by atoms with E-state index in [1.807, 2.05) is 0 Å². The van der Waals surface area contributed by atoms with Gasteiger partial charge >= 0.3 is 5.97 Å². The largest absolute Gasteiger partial charge is 0.478 e. The second-order valence-electron chi connectivity index (χ2n) is 5.73. The molecule has 0 spiro atoms. The monoisotopic (exact) mass is 276 g/mol. The average molecular weight is 276 g/mol. The number of fused-ring (bicyclic) bond motifs is 1. The topological polar surface area (TPSA) is 66.0 Å². The van der Waals surface area contributed by atoms with E-state index in [-0.39, 0.29) is 5.56 Å². The van der Waals surface area contributed by atoms with Crippen LogP contribution in [0.5, 0.6) is 0 Å². The number of nitrogens with zero attached hydrogens (tertiary/aromatic N) is 1. The molecule has 0 bridgehead atoms. The van der Waals surface area contributed by atoms with Gasteiger partial charge in [-0.15, -0.1) is 0 Å². The van der Waals surface area contributed by atoms with E-state index >= 15 is 0 Å². The summed E-state index contributed by atoms with van der Waals surface area (Å²) in [7, 11) is 0. The number of imidazole rings is 1. The van der Waals surface area contributed by atoms with Crippen LogP contribution in [-0.2, 0) is 0 Å². The van der Waals surface area contributed by atoms with E-state index in [2.05, 4.69) is 16.9 Å². The summed E-state index contributed by atoms with van der Waals surface area (Å²) in [5.74, 6) is 0.151. The van der Waals surface area contributed by atoms with Crippen molar-refractivity contribution in [1.82, 2.24) is 9.97 Å². The Morgan fingerprint density at radius 2 is 2.05 bits per heavy atom. The first-order chi connectivity index (χ1) is 9.54. The summed E-state index contributed by atoms with van der Waals surface area (Å²) in [6.07, 6.45) is 4.40. The summed E-state index contributed by atoms with van der Waals surface area (Å²) in [6, 6.07) is 2.34. The first kappa shape index (κ1) is 13.1. The lowest BCUT2D eigenvalue weighted by Gasteiger charge is -2.24. The van der Waals surface area contributed by atoms with Gasteiger partial charge in [0.15, 0.2) is 0 Å². The Morgan fingerprint density at radius 3 is 2.70 bits per heavy atom. The number of halogens is 1. The maximum Gasteiger partial charge on any atom is 0.338 e. The summed E-state index contributed by atoms with van der Waals surface area (Å²) < 4.78 is 13.4. The quantitative estimate of drug-likeness (QED) is 0.879. The highest BCUT2D eigenvalue weighted by Crippen LogP contribution is 2.35. The fourth-order valence-corrected chi connectivity index (χ4v) is 2.99. The predicted molar refractivity (Wildman–Crippen MR) is 73.4 cm³/mol. The molecule has 4 nitrogen and oxygen atoms in total. The number of rotatable bonds is 2. The number of H-pyrrole nitrogens is 1. The molecule has 0 radical (unpaired) electrons. The van der Waals surface area contributed by atoms with Gasteiger partial charge in [0.1, 0.15) is 17.2 Å². The third kappa shape index (κ3) is 2.28. The standard InChI is InChI=1S/C15H17FN2O2/c1-8-2-4-9(5-3-8)14-17-12-7-10(16)6-11(15(19)20)13(12)18-14/h6-9H,2-5H2,1H3,(H,17,18)(H,19,20). The minimum absolute atomic E-state index is 0.0772. The molecule has 1 aliphatic carbocycles. The maximum absolute atomic E-state index is 13.4. The normalized spacial score (nSPS) is 23.1. The van der Waals surface area contributed by atoms with Crippen LogP contribution in [0.3, 0.4) is 0 Å². The fourth-order valence-electron chi connectivity index (χ4n) is 2.99. The number of carboxylic acids is 1. The Labute approximate surface area is 116 Å².